The lowest BCUT2D eigenvalue weighted by Gasteiger charge is -2.29. The molecule has 1 aliphatic heterocycles. The van der Waals surface area contributed by atoms with E-state index in [4.69, 9.17) is 6.42 Å². The van der Waals surface area contributed by atoms with Crippen molar-refractivity contribution in [2.24, 2.45) is 0 Å². The zero-order chi connectivity index (χ0) is 14.5. The summed E-state index contributed by atoms with van der Waals surface area (Å²) >= 11 is 0. The number of aliphatic hydroxyl groups is 1. The van der Waals surface area contributed by atoms with E-state index in [-0.39, 0.29) is 38.4 Å². The quantitative estimate of drug-likeness (QED) is 0.740. The lowest BCUT2D eigenvalue weighted by Crippen LogP contribution is -2.46. The van der Waals surface area contributed by atoms with Crippen LogP contribution in [0.4, 0.5) is 13.2 Å². The maximum absolute atomic E-state index is 12.7. The number of hydrogen-bond acceptors (Lipinski definition) is 3. The van der Waals surface area contributed by atoms with E-state index in [0.29, 0.717) is 6.54 Å². The minimum atomic E-state index is -4.63. The molecule has 0 aromatic carbocycles. The van der Waals surface area contributed by atoms with Gasteiger partial charge in [-0.25, -0.2) is 0 Å². The first kappa shape index (κ1) is 15.8. The molecule has 0 spiro atoms. The number of amides is 1. The van der Waals surface area contributed by atoms with Crippen molar-refractivity contribution in [1.29, 1.82) is 0 Å². The van der Waals surface area contributed by atoms with Crippen molar-refractivity contribution in [2.45, 2.75) is 31.0 Å². The second-order valence-electron chi connectivity index (χ2n) is 4.64. The second kappa shape index (κ2) is 6.26. The molecule has 4 nitrogen and oxygen atoms in total. The highest BCUT2D eigenvalue weighted by molar-refractivity contribution is 5.78. The predicted molar refractivity (Wildman–Crippen MR) is 63.1 cm³/mol. The maximum atomic E-state index is 12.7. The molecule has 0 aromatic heterocycles. The van der Waals surface area contributed by atoms with Crippen LogP contribution in [-0.2, 0) is 4.79 Å². The molecule has 1 fully saturated rings. The van der Waals surface area contributed by atoms with Gasteiger partial charge in [-0.1, -0.05) is 5.92 Å². The highest BCUT2D eigenvalue weighted by Gasteiger charge is 2.53. The summed E-state index contributed by atoms with van der Waals surface area (Å²) in [5.74, 6) is 1.92. The van der Waals surface area contributed by atoms with Gasteiger partial charge in [-0.05, 0) is 25.8 Å². The van der Waals surface area contributed by atoms with E-state index < -0.39 is 18.2 Å². The monoisotopic (exact) mass is 278 g/mol. The molecule has 7 heteroatoms. The largest absolute Gasteiger partial charge is 0.417 e. The van der Waals surface area contributed by atoms with E-state index in [1.807, 2.05) is 0 Å². The molecule has 108 valence electrons. The summed E-state index contributed by atoms with van der Waals surface area (Å²) in [5.41, 5.74) is -2.64. The van der Waals surface area contributed by atoms with Crippen LogP contribution in [0.15, 0.2) is 0 Å². The van der Waals surface area contributed by atoms with Gasteiger partial charge in [-0.15, -0.1) is 6.42 Å². The summed E-state index contributed by atoms with van der Waals surface area (Å²) in [7, 11) is 0. The lowest BCUT2D eigenvalue weighted by atomic mass is 9.94. The van der Waals surface area contributed by atoms with E-state index in [1.54, 1.807) is 4.90 Å². The first-order valence-electron chi connectivity index (χ1n) is 6.00. The molecule has 2 N–H and O–H groups in total. The Morgan fingerprint density at radius 2 is 2.11 bits per heavy atom. The van der Waals surface area contributed by atoms with E-state index in [0.717, 1.165) is 0 Å². The van der Waals surface area contributed by atoms with Crippen molar-refractivity contribution < 1.29 is 23.1 Å². The van der Waals surface area contributed by atoms with Crippen LogP contribution in [0.2, 0.25) is 0 Å². The standard InChI is InChI=1S/C12H17F3N2O2/c1-2-6-16-10(18)9-17-7-3-4-11(19,5-8-17)12(13,14)15/h1,19H,3-9H2,(H,16,18). The summed E-state index contributed by atoms with van der Waals surface area (Å²) in [6.07, 6.45) is -0.207. The maximum Gasteiger partial charge on any atom is 0.417 e. The van der Waals surface area contributed by atoms with Gasteiger partial charge in [0.05, 0.1) is 13.1 Å². The molecule has 0 radical (unpaired) electrons. The van der Waals surface area contributed by atoms with Gasteiger partial charge in [0.15, 0.2) is 5.60 Å². The van der Waals surface area contributed by atoms with E-state index in [1.165, 1.54) is 0 Å². The lowest BCUT2D eigenvalue weighted by molar-refractivity contribution is -0.263. The van der Waals surface area contributed by atoms with Crippen molar-refractivity contribution in [1.82, 2.24) is 10.2 Å². The molecule has 0 aliphatic carbocycles. The van der Waals surface area contributed by atoms with Crippen LogP contribution >= 0.6 is 0 Å². The van der Waals surface area contributed by atoms with Crippen LogP contribution in [0, 0.1) is 12.3 Å². The SMILES string of the molecule is C#CCNC(=O)CN1CCCC(O)(C(F)(F)F)CC1. The molecule has 1 amide bonds. The molecule has 0 bridgehead atoms. The second-order valence-corrected chi connectivity index (χ2v) is 4.64. The van der Waals surface area contributed by atoms with Gasteiger partial charge in [0, 0.05) is 6.54 Å². The Hall–Kier alpha value is -1.26. The zero-order valence-corrected chi connectivity index (χ0v) is 10.5. The summed E-state index contributed by atoms with van der Waals surface area (Å²) in [6.45, 7) is 0.468. The first-order valence-corrected chi connectivity index (χ1v) is 6.00. The fourth-order valence-electron chi connectivity index (χ4n) is 2.03. The van der Waals surface area contributed by atoms with E-state index >= 15 is 0 Å². The molecular weight excluding hydrogens is 261 g/mol. The molecule has 19 heavy (non-hydrogen) atoms. The highest BCUT2D eigenvalue weighted by Crippen LogP contribution is 2.38. The summed E-state index contributed by atoms with van der Waals surface area (Å²) in [6, 6.07) is 0. The number of nitrogens with zero attached hydrogens (tertiary/aromatic N) is 1. The number of carbonyl (C=O) groups is 1. The topological polar surface area (TPSA) is 52.6 Å². The molecule has 1 rings (SSSR count). The molecule has 1 unspecified atom stereocenters. The van der Waals surface area contributed by atoms with Gasteiger partial charge >= 0.3 is 6.18 Å². The van der Waals surface area contributed by atoms with Gasteiger partial charge in [-0.2, -0.15) is 13.2 Å². The molecule has 1 saturated heterocycles. The normalized spacial score (nSPS) is 25.4. The van der Waals surface area contributed by atoms with Crippen LogP contribution in [0.5, 0.6) is 0 Å². The van der Waals surface area contributed by atoms with Gasteiger partial charge in [0.25, 0.3) is 0 Å². The van der Waals surface area contributed by atoms with Crippen molar-refractivity contribution >= 4 is 5.91 Å². The minimum absolute atomic E-state index is 0.00435. The molecule has 1 heterocycles. The average molecular weight is 278 g/mol. The van der Waals surface area contributed by atoms with Crippen LogP contribution in [0.25, 0.3) is 0 Å². The number of likely N-dealkylation sites (tertiary alicyclic amines) is 1. The third-order valence-corrected chi connectivity index (χ3v) is 3.19. The van der Waals surface area contributed by atoms with Crippen LogP contribution in [0.3, 0.4) is 0 Å². The Bertz CT molecular complexity index is 365. The number of terminal acetylenes is 1. The predicted octanol–water partition coefficient (Wildman–Crippen LogP) is 0.515. The Kier molecular flexibility index (Phi) is 5.20. The fraction of sp³-hybridized carbons (Fsp3) is 0.750. The molecule has 1 aliphatic rings. The van der Waals surface area contributed by atoms with Gasteiger partial charge in [0.2, 0.25) is 5.91 Å². The summed E-state index contributed by atoms with van der Waals surface area (Å²) in [4.78, 5) is 13.0. The third kappa shape index (κ3) is 4.40. The Morgan fingerprint density at radius 1 is 1.42 bits per heavy atom. The first-order chi connectivity index (χ1) is 8.78. The van der Waals surface area contributed by atoms with Crippen molar-refractivity contribution in [3.8, 4) is 12.3 Å². The minimum Gasteiger partial charge on any atom is -0.380 e. The fourth-order valence-corrected chi connectivity index (χ4v) is 2.03. The van der Waals surface area contributed by atoms with Crippen LogP contribution in [-0.4, -0.2) is 53.9 Å². The molecule has 0 saturated carbocycles. The summed E-state index contributed by atoms with van der Waals surface area (Å²) in [5, 5.41) is 12.1. The average Bonchev–Trinajstić information content (AvgIpc) is 2.49. The van der Waals surface area contributed by atoms with E-state index in [9.17, 15) is 23.1 Å². The number of rotatable bonds is 3. The number of alkyl halides is 3. The molecular formula is C12H17F3N2O2. The number of nitrogens with one attached hydrogen (secondary N) is 1. The zero-order valence-electron chi connectivity index (χ0n) is 10.5. The number of carbonyl (C=O) groups excluding carboxylic acids is 1. The van der Waals surface area contributed by atoms with Crippen molar-refractivity contribution in [3.05, 3.63) is 0 Å². The van der Waals surface area contributed by atoms with Crippen LogP contribution < -0.4 is 5.32 Å². The Morgan fingerprint density at radius 3 is 2.68 bits per heavy atom. The Balaban J connectivity index is 2.51. The molecule has 0 aromatic rings. The Labute approximate surface area is 110 Å². The summed E-state index contributed by atoms with van der Waals surface area (Å²) < 4.78 is 38.1. The van der Waals surface area contributed by atoms with Gasteiger partial charge < -0.3 is 10.4 Å². The number of halogens is 3. The molecule has 1 atom stereocenters. The van der Waals surface area contributed by atoms with E-state index in [2.05, 4.69) is 11.2 Å². The van der Waals surface area contributed by atoms with Gasteiger partial charge in [-0.3, -0.25) is 9.69 Å². The smallest absolute Gasteiger partial charge is 0.380 e. The number of hydrogen-bond donors (Lipinski definition) is 2. The van der Waals surface area contributed by atoms with Crippen molar-refractivity contribution in [3.63, 3.8) is 0 Å². The van der Waals surface area contributed by atoms with Gasteiger partial charge in [0.1, 0.15) is 0 Å². The van der Waals surface area contributed by atoms with Crippen LogP contribution in [0.1, 0.15) is 19.3 Å². The highest BCUT2D eigenvalue weighted by atomic mass is 19.4. The third-order valence-electron chi connectivity index (χ3n) is 3.19. The van der Waals surface area contributed by atoms with Crippen molar-refractivity contribution in [2.75, 3.05) is 26.2 Å².